The fourth-order valence-electron chi connectivity index (χ4n) is 2.23. The molecule has 3 rings (SSSR count). The number of H-pyrrole nitrogens is 1. The quantitative estimate of drug-likeness (QED) is 0.798. The highest BCUT2D eigenvalue weighted by Gasteiger charge is 2.14. The molecule has 2 heterocycles. The number of aromatic amines is 1. The van der Waals surface area contributed by atoms with Gasteiger partial charge in [0.25, 0.3) is 5.56 Å². The third-order valence-corrected chi connectivity index (χ3v) is 3.41. The Hall–Kier alpha value is -2.18. The summed E-state index contributed by atoms with van der Waals surface area (Å²) in [5.74, 6) is 0. The maximum absolute atomic E-state index is 12.5. The number of nitrogens with zero attached hydrogens (tertiary/aromatic N) is 3. The summed E-state index contributed by atoms with van der Waals surface area (Å²) in [5.41, 5.74) is 2.43. The standard InChI is InChI=1S/C14H13ClN4O2/c1-21-8-12-11(6-9-3-2-4-10(15)5-9)14(20)19-13(17-12)7-16-18-19/h2-5,7,18H,6,8H2,1H3. The molecule has 3 aromatic rings. The molecule has 0 saturated heterocycles. The van der Waals surface area contributed by atoms with Gasteiger partial charge in [-0.15, -0.1) is 0 Å². The molecular weight excluding hydrogens is 292 g/mol. The van der Waals surface area contributed by atoms with E-state index in [9.17, 15) is 4.79 Å². The molecule has 6 nitrogen and oxygen atoms in total. The number of aromatic nitrogens is 4. The fraction of sp³-hybridized carbons (Fsp3) is 0.214. The van der Waals surface area contributed by atoms with Gasteiger partial charge >= 0.3 is 0 Å². The molecule has 0 aliphatic carbocycles. The number of ether oxygens (including phenoxy) is 1. The van der Waals surface area contributed by atoms with Crippen LogP contribution in [0.3, 0.4) is 0 Å². The minimum Gasteiger partial charge on any atom is -0.378 e. The smallest absolute Gasteiger partial charge is 0.277 e. The molecule has 0 aliphatic rings. The van der Waals surface area contributed by atoms with Gasteiger partial charge in [-0.2, -0.15) is 9.61 Å². The van der Waals surface area contributed by atoms with Crippen LogP contribution in [-0.2, 0) is 17.8 Å². The van der Waals surface area contributed by atoms with Crippen LogP contribution >= 0.6 is 11.6 Å². The van der Waals surface area contributed by atoms with Gasteiger partial charge in [-0.3, -0.25) is 4.79 Å². The lowest BCUT2D eigenvalue weighted by Gasteiger charge is -2.08. The van der Waals surface area contributed by atoms with Crippen LogP contribution in [0.1, 0.15) is 16.8 Å². The number of nitrogens with one attached hydrogen (secondary N) is 1. The highest BCUT2D eigenvalue weighted by atomic mass is 35.5. The van der Waals surface area contributed by atoms with Crippen LogP contribution in [0, 0.1) is 0 Å². The Morgan fingerprint density at radius 1 is 1.43 bits per heavy atom. The molecule has 7 heteroatoms. The SMILES string of the molecule is COCc1nc2cn[nH]n2c(=O)c1Cc1cccc(Cl)c1. The molecule has 0 saturated carbocycles. The topological polar surface area (TPSA) is 72.3 Å². The lowest BCUT2D eigenvalue weighted by atomic mass is 10.0. The van der Waals surface area contributed by atoms with E-state index in [4.69, 9.17) is 16.3 Å². The van der Waals surface area contributed by atoms with E-state index >= 15 is 0 Å². The first-order valence-electron chi connectivity index (χ1n) is 6.36. The zero-order valence-corrected chi connectivity index (χ0v) is 12.1. The summed E-state index contributed by atoms with van der Waals surface area (Å²) < 4.78 is 6.46. The number of rotatable bonds is 4. The second-order valence-electron chi connectivity index (χ2n) is 4.63. The normalized spacial score (nSPS) is 11.1. The molecule has 0 unspecified atom stereocenters. The van der Waals surface area contributed by atoms with Gasteiger partial charge in [0.05, 0.1) is 18.5 Å². The number of halogens is 1. The summed E-state index contributed by atoms with van der Waals surface area (Å²) in [6.07, 6.45) is 1.94. The molecule has 0 amide bonds. The summed E-state index contributed by atoms with van der Waals surface area (Å²) in [7, 11) is 1.57. The Morgan fingerprint density at radius 3 is 3.05 bits per heavy atom. The third kappa shape index (κ3) is 2.68. The van der Waals surface area contributed by atoms with Gasteiger partial charge in [0, 0.05) is 24.1 Å². The number of methoxy groups -OCH3 is 1. The van der Waals surface area contributed by atoms with Crippen molar-refractivity contribution in [1.82, 2.24) is 19.8 Å². The molecule has 108 valence electrons. The van der Waals surface area contributed by atoms with E-state index in [1.54, 1.807) is 13.2 Å². The van der Waals surface area contributed by atoms with Crippen molar-refractivity contribution in [3.8, 4) is 0 Å². The summed E-state index contributed by atoms with van der Waals surface area (Å²) in [6, 6.07) is 7.40. The Morgan fingerprint density at radius 2 is 2.29 bits per heavy atom. The van der Waals surface area contributed by atoms with Crippen molar-refractivity contribution < 1.29 is 4.74 Å². The molecule has 1 aromatic carbocycles. The molecule has 2 aromatic heterocycles. The maximum Gasteiger partial charge on any atom is 0.277 e. The van der Waals surface area contributed by atoms with Gasteiger partial charge in [0.1, 0.15) is 0 Å². The van der Waals surface area contributed by atoms with E-state index < -0.39 is 0 Å². The summed E-state index contributed by atoms with van der Waals surface area (Å²) in [5, 5.41) is 7.09. The minimum absolute atomic E-state index is 0.176. The van der Waals surface area contributed by atoms with Crippen LogP contribution in [0.5, 0.6) is 0 Å². The average Bonchev–Trinajstić information content (AvgIpc) is 2.92. The van der Waals surface area contributed by atoms with Crippen LogP contribution in [0.15, 0.2) is 35.3 Å². The average molecular weight is 305 g/mol. The molecule has 0 spiro atoms. The number of fused-ring (bicyclic) bond motifs is 1. The van der Waals surface area contributed by atoms with Crippen molar-refractivity contribution in [2.24, 2.45) is 0 Å². The molecular formula is C14H13ClN4O2. The first kappa shape index (κ1) is 13.8. The van der Waals surface area contributed by atoms with Crippen LogP contribution in [0.4, 0.5) is 0 Å². The molecule has 0 atom stereocenters. The van der Waals surface area contributed by atoms with Gasteiger partial charge in [-0.1, -0.05) is 23.7 Å². The van der Waals surface area contributed by atoms with Crippen LogP contribution < -0.4 is 5.56 Å². The van der Waals surface area contributed by atoms with Crippen molar-refractivity contribution in [2.75, 3.05) is 7.11 Å². The van der Waals surface area contributed by atoms with Crippen molar-refractivity contribution in [3.05, 3.63) is 62.7 Å². The van der Waals surface area contributed by atoms with E-state index in [2.05, 4.69) is 15.3 Å². The number of benzene rings is 1. The van der Waals surface area contributed by atoms with E-state index in [-0.39, 0.29) is 12.2 Å². The Labute approximate surface area is 125 Å². The first-order chi connectivity index (χ1) is 10.2. The second-order valence-corrected chi connectivity index (χ2v) is 5.07. The zero-order chi connectivity index (χ0) is 14.8. The molecule has 1 N–H and O–H groups in total. The Balaban J connectivity index is 2.13. The molecule has 0 bridgehead atoms. The molecule has 0 fully saturated rings. The lowest BCUT2D eigenvalue weighted by Crippen LogP contribution is -2.23. The molecule has 21 heavy (non-hydrogen) atoms. The van der Waals surface area contributed by atoms with Crippen molar-refractivity contribution in [2.45, 2.75) is 13.0 Å². The van der Waals surface area contributed by atoms with Crippen molar-refractivity contribution >= 4 is 17.2 Å². The first-order valence-corrected chi connectivity index (χ1v) is 6.74. The fourth-order valence-corrected chi connectivity index (χ4v) is 2.44. The van der Waals surface area contributed by atoms with E-state index in [1.165, 1.54) is 10.7 Å². The zero-order valence-electron chi connectivity index (χ0n) is 11.3. The van der Waals surface area contributed by atoms with Gasteiger partial charge in [-0.25, -0.2) is 10.2 Å². The molecule has 0 aliphatic heterocycles. The third-order valence-electron chi connectivity index (χ3n) is 3.18. The minimum atomic E-state index is -0.176. The number of hydrogen-bond donors (Lipinski definition) is 1. The predicted molar refractivity (Wildman–Crippen MR) is 78.6 cm³/mol. The van der Waals surface area contributed by atoms with E-state index in [0.29, 0.717) is 28.3 Å². The van der Waals surface area contributed by atoms with Crippen LogP contribution in [0.25, 0.3) is 5.65 Å². The maximum atomic E-state index is 12.5. The monoisotopic (exact) mass is 304 g/mol. The Kier molecular flexibility index (Phi) is 3.72. The summed E-state index contributed by atoms with van der Waals surface area (Å²) in [4.78, 5) is 17.0. The van der Waals surface area contributed by atoms with Crippen molar-refractivity contribution in [1.29, 1.82) is 0 Å². The van der Waals surface area contributed by atoms with E-state index in [0.717, 1.165) is 5.56 Å². The number of hydrogen-bond acceptors (Lipinski definition) is 4. The summed E-state index contributed by atoms with van der Waals surface area (Å²) >= 11 is 5.99. The van der Waals surface area contributed by atoms with Crippen LogP contribution in [-0.4, -0.2) is 26.9 Å². The highest BCUT2D eigenvalue weighted by Crippen LogP contribution is 2.15. The molecule has 0 radical (unpaired) electrons. The highest BCUT2D eigenvalue weighted by molar-refractivity contribution is 6.30. The predicted octanol–water partition coefficient (Wildman–Crippen LogP) is 1.81. The van der Waals surface area contributed by atoms with Gasteiger partial charge < -0.3 is 4.74 Å². The van der Waals surface area contributed by atoms with Crippen LogP contribution in [0.2, 0.25) is 5.02 Å². The summed E-state index contributed by atoms with van der Waals surface area (Å²) in [6.45, 7) is 0.271. The van der Waals surface area contributed by atoms with Gasteiger partial charge in [0.15, 0.2) is 5.65 Å². The van der Waals surface area contributed by atoms with Gasteiger partial charge in [0.2, 0.25) is 0 Å². The Bertz CT molecular complexity index is 840. The second kappa shape index (κ2) is 5.67. The lowest BCUT2D eigenvalue weighted by molar-refractivity contribution is 0.180. The van der Waals surface area contributed by atoms with E-state index in [1.807, 2.05) is 18.2 Å². The van der Waals surface area contributed by atoms with Gasteiger partial charge in [-0.05, 0) is 17.7 Å². The largest absolute Gasteiger partial charge is 0.378 e. The van der Waals surface area contributed by atoms with Crippen molar-refractivity contribution in [3.63, 3.8) is 0 Å².